The Balaban J connectivity index is 1.84. The maximum absolute atomic E-state index is 11.1. The lowest BCUT2D eigenvalue weighted by Gasteiger charge is -2.19. The maximum Gasteiger partial charge on any atom is 0.407 e. The van der Waals surface area contributed by atoms with Crippen molar-refractivity contribution < 1.29 is 9.90 Å². The van der Waals surface area contributed by atoms with E-state index < -0.39 is 6.09 Å². The predicted molar refractivity (Wildman–Crippen MR) is 58.3 cm³/mol. The molecule has 1 aliphatic heterocycles. The van der Waals surface area contributed by atoms with Gasteiger partial charge < -0.3 is 10.0 Å². The molecular formula is C12H14N2O2. The number of rotatable bonds is 1. The quantitative estimate of drug-likeness (QED) is 0.785. The van der Waals surface area contributed by atoms with Crippen molar-refractivity contribution in [1.82, 2.24) is 9.88 Å². The molecule has 1 aromatic heterocycles. The molecule has 1 saturated heterocycles. The monoisotopic (exact) mass is 218 g/mol. The second-order valence-electron chi connectivity index (χ2n) is 4.80. The Bertz CT molecular complexity index is 414. The highest BCUT2D eigenvalue weighted by molar-refractivity contribution is 5.68. The smallest absolute Gasteiger partial charge is 0.407 e. The molecule has 1 N–H and O–H groups in total. The Morgan fingerprint density at radius 2 is 2.38 bits per heavy atom. The van der Waals surface area contributed by atoms with Crippen molar-refractivity contribution in [3.8, 4) is 0 Å². The van der Waals surface area contributed by atoms with Crippen LogP contribution in [0.25, 0.3) is 0 Å². The van der Waals surface area contributed by atoms with Gasteiger partial charge in [-0.1, -0.05) is 6.07 Å². The van der Waals surface area contributed by atoms with Crippen LogP contribution in [0.3, 0.4) is 0 Å². The molecule has 0 unspecified atom stereocenters. The van der Waals surface area contributed by atoms with Gasteiger partial charge in [0.05, 0.1) is 0 Å². The minimum Gasteiger partial charge on any atom is -0.465 e. The Kier molecular flexibility index (Phi) is 1.93. The van der Waals surface area contributed by atoms with Gasteiger partial charge in [-0.05, 0) is 30.9 Å². The third-order valence-electron chi connectivity index (χ3n) is 3.82. The van der Waals surface area contributed by atoms with Gasteiger partial charge in [0.15, 0.2) is 0 Å². The van der Waals surface area contributed by atoms with Gasteiger partial charge in [-0.15, -0.1) is 0 Å². The van der Waals surface area contributed by atoms with Crippen molar-refractivity contribution in [1.29, 1.82) is 0 Å². The van der Waals surface area contributed by atoms with Crippen LogP contribution in [0.5, 0.6) is 0 Å². The summed E-state index contributed by atoms with van der Waals surface area (Å²) in [4.78, 5) is 16.9. The Hall–Kier alpha value is -1.58. The Morgan fingerprint density at radius 3 is 2.88 bits per heavy atom. The van der Waals surface area contributed by atoms with E-state index in [0.717, 1.165) is 24.8 Å². The van der Waals surface area contributed by atoms with Crippen molar-refractivity contribution >= 4 is 6.09 Å². The molecule has 4 nitrogen and oxygen atoms in total. The molecule has 2 aliphatic rings. The standard InChI is InChI=1S/C12H14N2O2/c15-11(16)14-8-10(6-12(14)3-4-12)9-2-1-5-13-7-9/h1-2,5,7,10H,3-4,6,8H2,(H,15,16)/t10-/m0/s1. The molecule has 1 amide bonds. The SMILES string of the molecule is O=C(O)N1C[C@@H](c2cccnc2)CC12CC2. The summed E-state index contributed by atoms with van der Waals surface area (Å²) in [6, 6.07) is 3.96. The third-order valence-corrected chi connectivity index (χ3v) is 3.82. The van der Waals surface area contributed by atoms with Gasteiger partial charge in [-0.25, -0.2) is 4.79 Å². The number of aromatic nitrogens is 1. The minimum absolute atomic E-state index is 0.0354. The molecular weight excluding hydrogens is 204 g/mol. The van der Waals surface area contributed by atoms with E-state index in [2.05, 4.69) is 4.98 Å². The number of hydrogen-bond donors (Lipinski definition) is 1. The zero-order valence-corrected chi connectivity index (χ0v) is 8.97. The van der Waals surface area contributed by atoms with E-state index in [1.807, 2.05) is 18.3 Å². The van der Waals surface area contributed by atoms with Gasteiger partial charge in [-0.2, -0.15) is 0 Å². The fourth-order valence-corrected chi connectivity index (χ4v) is 2.79. The topological polar surface area (TPSA) is 53.4 Å². The van der Waals surface area contributed by atoms with Gasteiger partial charge in [0.2, 0.25) is 0 Å². The summed E-state index contributed by atoms with van der Waals surface area (Å²) in [5.41, 5.74) is 1.13. The van der Waals surface area contributed by atoms with E-state index in [4.69, 9.17) is 5.11 Å². The predicted octanol–water partition coefficient (Wildman–Crippen LogP) is 2.08. The van der Waals surface area contributed by atoms with E-state index in [0.29, 0.717) is 12.5 Å². The number of likely N-dealkylation sites (tertiary alicyclic amines) is 1. The molecule has 1 aromatic rings. The van der Waals surface area contributed by atoms with E-state index in [-0.39, 0.29) is 5.54 Å². The van der Waals surface area contributed by atoms with E-state index in [1.54, 1.807) is 11.1 Å². The summed E-state index contributed by atoms with van der Waals surface area (Å²) >= 11 is 0. The summed E-state index contributed by atoms with van der Waals surface area (Å²) in [5.74, 6) is 0.326. The van der Waals surface area contributed by atoms with E-state index in [9.17, 15) is 4.79 Å². The van der Waals surface area contributed by atoms with Crippen molar-refractivity contribution in [3.05, 3.63) is 30.1 Å². The fraction of sp³-hybridized carbons (Fsp3) is 0.500. The van der Waals surface area contributed by atoms with Crippen LogP contribution >= 0.6 is 0 Å². The number of nitrogens with zero attached hydrogens (tertiary/aromatic N) is 2. The molecule has 1 aliphatic carbocycles. The van der Waals surface area contributed by atoms with Gasteiger partial charge >= 0.3 is 6.09 Å². The van der Waals surface area contributed by atoms with Crippen molar-refractivity contribution in [3.63, 3.8) is 0 Å². The molecule has 4 heteroatoms. The van der Waals surface area contributed by atoms with E-state index >= 15 is 0 Å². The average molecular weight is 218 g/mol. The molecule has 1 spiro atoms. The lowest BCUT2D eigenvalue weighted by Crippen LogP contribution is -2.35. The summed E-state index contributed by atoms with van der Waals surface area (Å²) in [5, 5.41) is 9.16. The first-order valence-electron chi connectivity index (χ1n) is 5.62. The summed E-state index contributed by atoms with van der Waals surface area (Å²) in [7, 11) is 0. The number of hydrogen-bond acceptors (Lipinski definition) is 2. The van der Waals surface area contributed by atoms with Crippen molar-refractivity contribution in [2.24, 2.45) is 0 Å². The number of pyridine rings is 1. The number of carbonyl (C=O) groups is 1. The molecule has 2 heterocycles. The number of amides is 1. The first-order chi connectivity index (χ1) is 7.71. The molecule has 0 bridgehead atoms. The molecule has 84 valence electrons. The van der Waals surface area contributed by atoms with Gasteiger partial charge in [-0.3, -0.25) is 4.98 Å². The largest absolute Gasteiger partial charge is 0.465 e. The maximum atomic E-state index is 11.1. The van der Waals surface area contributed by atoms with Crippen molar-refractivity contribution in [2.75, 3.05) is 6.54 Å². The van der Waals surface area contributed by atoms with Gasteiger partial charge in [0.1, 0.15) is 0 Å². The first-order valence-corrected chi connectivity index (χ1v) is 5.62. The molecule has 3 rings (SSSR count). The first kappa shape index (κ1) is 9.63. The van der Waals surface area contributed by atoms with Crippen LogP contribution in [0.1, 0.15) is 30.7 Å². The van der Waals surface area contributed by atoms with Gasteiger partial charge in [0, 0.05) is 30.4 Å². The Morgan fingerprint density at radius 1 is 1.56 bits per heavy atom. The lowest BCUT2D eigenvalue weighted by molar-refractivity contribution is 0.135. The minimum atomic E-state index is -0.774. The average Bonchev–Trinajstić information content (AvgIpc) is 2.92. The summed E-state index contributed by atoms with van der Waals surface area (Å²) in [6.07, 6.45) is 5.84. The summed E-state index contributed by atoms with van der Waals surface area (Å²) < 4.78 is 0. The van der Waals surface area contributed by atoms with Crippen LogP contribution in [0, 0.1) is 0 Å². The highest BCUT2D eigenvalue weighted by Gasteiger charge is 2.56. The molecule has 0 radical (unpaired) electrons. The van der Waals surface area contributed by atoms with Crippen LogP contribution in [-0.4, -0.2) is 33.2 Å². The fourth-order valence-electron chi connectivity index (χ4n) is 2.79. The van der Waals surface area contributed by atoms with Crippen LogP contribution in [0.15, 0.2) is 24.5 Å². The normalized spacial score (nSPS) is 26.0. The zero-order valence-electron chi connectivity index (χ0n) is 8.97. The highest BCUT2D eigenvalue weighted by Crippen LogP contribution is 2.53. The van der Waals surface area contributed by atoms with Crippen LogP contribution in [-0.2, 0) is 0 Å². The second-order valence-corrected chi connectivity index (χ2v) is 4.80. The van der Waals surface area contributed by atoms with E-state index in [1.165, 1.54) is 0 Å². The molecule has 2 fully saturated rings. The van der Waals surface area contributed by atoms with Gasteiger partial charge in [0.25, 0.3) is 0 Å². The third kappa shape index (κ3) is 1.37. The second kappa shape index (κ2) is 3.20. The lowest BCUT2D eigenvalue weighted by atomic mass is 9.97. The van der Waals surface area contributed by atoms with Crippen LogP contribution in [0.4, 0.5) is 4.79 Å². The Labute approximate surface area is 93.9 Å². The molecule has 0 aromatic carbocycles. The zero-order chi connectivity index (χ0) is 11.2. The highest BCUT2D eigenvalue weighted by atomic mass is 16.4. The molecule has 1 saturated carbocycles. The summed E-state index contributed by atoms with van der Waals surface area (Å²) in [6.45, 7) is 0.626. The molecule has 16 heavy (non-hydrogen) atoms. The van der Waals surface area contributed by atoms with Crippen molar-refractivity contribution in [2.45, 2.75) is 30.7 Å². The molecule has 1 atom stereocenters. The number of carboxylic acid groups (broad SMARTS) is 1. The van der Waals surface area contributed by atoms with Crippen LogP contribution in [0.2, 0.25) is 0 Å². The van der Waals surface area contributed by atoms with Crippen LogP contribution < -0.4 is 0 Å².